The normalized spacial score (nSPS) is 9.25. The van der Waals surface area contributed by atoms with Crippen LogP contribution in [0.25, 0.3) is 0 Å². The zero-order valence-corrected chi connectivity index (χ0v) is 7.53. The van der Waals surface area contributed by atoms with Crippen molar-refractivity contribution in [2.24, 2.45) is 0 Å². The Labute approximate surface area is 62.2 Å². The van der Waals surface area contributed by atoms with Crippen LogP contribution in [-0.4, -0.2) is 27.5 Å². The third-order valence-corrected chi connectivity index (χ3v) is 1.66. The molecule has 0 fully saturated rings. The molecule has 1 aromatic heterocycles. The molecule has 1 aromatic rings. The number of pyridine rings is 1. The molecule has 0 unspecified atom stereocenters. The van der Waals surface area contributed by atoms with Gasteiger partial charge in [-0.1, -0.05) is 0 Å². The second-order valence-electron chi connectivity index (χ2n) is 1.75. The van der Waals surface area contributed by atoms with E-state index in [2.05, 4.69) is 18.0 Å². The first-order valence-electron chi connectivity index (χ1n) is 2.42. The van der Waals surface area contributed by atoms with Gasteiger partial charge in [0.15, 0.2) is 0 Å². The molecule has 0 aromatic carbocycles. The molecule has 0 aliphatic heterocycles. The summed E-state index contributed by atoms with van der Waals surface area (Å²) in [5.74, 6) is 0. The van der Waals surface area contributed by atoms with E-state index >= 15 is 0 Å². The van der Waals surface area contributed by atoms with Gasteiger partial charge >= 0.3 is 62.0 Å². The van der Waals surface area contributed by atoms with Gasteiger partial charge in [0.05, 0.1) is 0 Å². The SMILES string of the molecule is Cc1cnc[c]([Sn])c1. The van der Waals surface area contributed by atoms with Gasteiger partial charge in [0.25, 0.3) is 0 Å². The molecule has 0 saturated heterocycles. The van der Waals surface area contributed by atoms with Crippen molar-refractivity contribution in [2.75, 3.05) is 0 Å². The molecular weight excluding hydrogens is 205 g/mol. The molecule has 0 bridgehead atoms. The first-order chi connectivity index (χ1) is 3.79. The summed E-state index contributed by atoms with van der Waals surface area (Å²) in [6.45, 7) is 2.06. The summed E-state index contributed by atoms with van der Waals surface area (Å²) in [4.78, 5) is 4.01. The summed E-state index contributed by atoms with van der Waals surface area (Å²) < 4.78 is 1.32. The van der Waals surface area contributed by atoms with Crippen LogP contribution >= 0.6 is 0 Å². The molecule has 0 N–H and O–H groups in total. The third-order valence-electron chi connectivity index (χ3n) is 0.875. The van der Waals surface area contributed by atoms with Crippen molar-refractivity contribution in [3.8, 4) is 0 Å². The molecule has 0 amide bonds. The Balaban J connectivity index is 3.08. The number of rotatable bonds is 0. The second-order valence-corrected chi connectivity index (χ2v) is 3.40. The van der Waals surface area contributed by atoms with Crippen LogP contribution < -0.4 is 3.58 Å². The summed E-state index contributed by atoms with van der Waals surface area (Å²) in [5, 5.41) is 0. The van der Waals surface area contributed by atoms with Gasteiger partial charge in [0.1, 0.15) is 0 Å². The number of hydrogen-bond acceptors (Lipinski definition) is 1. The van der Waals surface area contributed by atoms with E-state index < -0.39 is 0 Å². The monoisotopic (exact) mass is 212 g/mol. The fraction of sp³-hybridized carbons (Fsp3) is 0.167. The Hall–Kier alpha value is -0.0513. The van der Waals surface area contributed by atoms with Crippen molar-refractivity contribution in [2.45, 2.75) is 6.92 Å². The standard InChI is InChI=1S/C6H6N.Sn/c1-6-3-2-4-7-5-6;/h3-5H,1H3;. The molecule has 39 valence electrons. The number of nitrogens with zero attached hydrogens (tertiary/aromatic N) is 1. The van der Waals surface area contributed by atoms with Crippen molar-refractivity contribution in [3.05, 3.63) is 24.0 Å². The van der Waals surface area contributed by atoms with E-state index in [1.54, 1.807) is 0 Å². The van der Waals surface area contributed by atoms with Gasteiger partial charge in [-0.15, -0.1) is 0 Å². The van der Waals surface area contributed by atoms with Crippen molar-refractivity contribution in [3.63, 3.8) is 0 Å². The quantitative estimate of drug-likeness (QED) is 0.558. The summed E-state index contributed by atoms with van der Waals surface area (Å²) in [5.41, 5.74) is 1.25. The third kappa shape index (κ3) is 1.47. The molecule has 8 heavy (non-hydrogen) atoms. The second kappa shape index (κ2) is 2.48. The maximum absolute atomic E-state index is 4.01. The fourth-order valence-electron chi connectivity index (χ4n) is 0.555. The first kappa shape index (κ1) is 6.07. The van der Waals surface area contributed by atoms with Crippen molar-refractivity contribution < 1.29 is 0 Å². The van der Waals surface area contributed by atoms with Crippen molar-refractivity contribution in [1.29, 1.82) is 0 Å². The Morgan fingerprint density at radius 3 is 2.62 bits per heavy atom. The van der Waals surface area contributed by atoms with E-state index in [-0.39, 0.29) is 0 Å². The van der Waals surface area contributed by atoms with Gasteiger partial charge in [-0.05, 0) is 0 Å². The average molecular weight is 211 g/mol. The molecule has 2 heteroatoms. The van der Waals surface area contributed by atoms with E-state index in [1.807, 2.05) is 12.4 Å². The molecular formula is C6H6NSn. The van der Waals surface area contributed by atoms with E-state index in [0.717, 1.165) is 0 Å². The van der Waals surface area contributed by atoms with E-state index in [9.17, 15) is 0 Å². The Kier molecular flexibility index (Phi) is 1.89. The summed E-state index contributed by atoms with van der Waals surface area (Å²) in [6, 6.07) is 2.14. The van der Waals surface area contributed by atoms with Crippen LogP contribution in [0.1, 0.15) is 5.56 Å². The zero-order valence-electron chi connectivity index (χ0n) is 4.68. The van der Waals surface area contributed by atoms with Crippen LogP contribution in [-0.2, 0) is 0 Å². The maximum atomic E-state index is 4.01. The predicted molar refractivity (Wildman–Crippen MR) is 34.4 cm³/mol. The van der Waals surface area contributed by atoms with Gasteiger partial charge in [-0.3, -0.25) is 0 Å². The van der Waals surface area contributed by atoms with E-state index in [0.29, 0.717) is 0 Å². The molecule has 1 heterocycles. The van der Waals surface area contributed by atoms with E-state index in [4.69, 9.17) is 0 Å². The molecule has 3 radical (unpaired) electrons. The Morgan fingerprint density at radius 2 is 2.25 bits per heavy atom. The topological polar surface area (TPSA) is 12.9 Å². The Morgan fingerprint density at radius 1 is 1.50 bits per heavy atom. The summed E-state index contributed by atoms with van der Waals surface area (Å²) >= 11 is 1.44. The van der Waals surface area contributed by atoms with Crippen LogP contribution in [0, 0.1) is 6.92 Å². The predicted octanol–water partition coefficient (Wildman–Crippen LogP) is 0.184. The number of hydrogen-bond donors (Lipinski definition) is 0. The zero-order chi connectivity index (χ0) is 5.98. The van der Waals surface area contributed by atoms with Gasteiger partial charge in [0, 0.05) is 0 Å². The van der Waals surface area contributed by atoms with Gasteiger partial charge < -0.3 is 0 Å². The number of aryl methyl sites for hydroxylation is 1. The fourth-order valence-corrected chi connectivity index (χ4v) is 1.42. The van der Waals surface area contributed by atoms with Gasteiger partial charge in [-0.2, -0.15) is 0 Å². The number of aromatic nitrogens is 1. The molecule has 1 rings (SSSR count). The summed E-state index contributed by atoms with van der Waals surface area (Å²) in [6.07, 6.45) is 3.76. The minimum absolute atomic E-state index is 1.25. The van der Waals surface area contributed by atoms with Crippen LogP contribution in [0.5, 0.6) is 0 Å². The molecule has 0 aliphatic carbocycles. The molecule has 1 nitrogen and oxygen atoms in total. The van der Waals surface area contributed by atoms with Gasteiger partial charge in [-0.25, -0.2) is 0 Å². The van der Waals surface area contributed by atoms with Gasteiger partial charge in [0.2, 0.25) is 0 Å². The van der Waals surface area contributed by atoms with E-state index in [1.165, 1.54) is 31.7 Å². The molecule has 0 spiro atoms. The average Bonchev–Trinajstić information content (AvgIpc) is 1.64. The first-order valence-corrected chi connectivity index (χ1v) is 3.85. The van der Waals surface area contributed by atoms with Crippen LogP contribution in [0.4, 0.5) is 0 Å². The van der Waals surface area contributed by atoms with Crippen molar-refractivity contribution in [1.82, 2.24) is 4.98 Å². The Bertz CT molecular complexity index is 168. The molecule has 0 saturated carbocycles. The minimum atomic E-state index is 1.25. The summed E-state index contributed by atoms with van der Waals surface area (Å²) in [7, 11) is 0. The van der Waals surface area contributed by atoms with Crippen molar-refractivity contribution >= 4 is 26.1 Å². The molecule has 0 atom stereocenters. The van der Waals surface area contributed by atoms with Crippen LogP contribution in [0.3, 0.4) is 0 Å². The van der Waals surface area contributed by atoms with Crippen LogP contribution in [0.15, 0.2) is 18.5 Å². The molecule has 0 aliphatic rings. The van der Waals surface area contributed by atoms with Crippen LogP contribution in [0.2, 0.25) is 0 Å².